The van der Waals surface area contributed by atoms with Gasteiger partial charge in [0, 0.05) is 12.6 Å². The van der Waals surface area contributed by atoms with Crippen LogP contribution in [0.2, 0.25) is 0 Å². The lowest BCUT2D eigenvalue weighted by molar-refractivity contribution is 0.408. The van der Waals surface area contributed by atoms with Gasteiger partial charge in [0.05, 0.1) is 12.0 Å². The molecular formula is C12H20N2O3S. The molecule has 0 saturated carbocycles. The highest BCUT2D eigenvalue weighted by Gasteiger charge is 2.19. The first kappa shape index (κ1) is 14.9. The average Bonchev–Trinajstić information content (AvgIpc) is 2.27. The van der Waals surface area contributed by atoms with E-state index in [1.54, 1.807) is 26.2 Å². The Bertz CT molecular complexity index is 503. The van der Waals surface area contributed by atoms with Gasteiger partial charge in [0.2, 0.25) is 10.0 Å². The number of sulfonamides is 1. The molecule has 0 fully saturated rings. The molecule has 6 heteroatoms. The maximum atomic E-state index is 12.1. The van der Waals surface area contributed by atoms with Crippen LogP contribution in [0.3, 0.4) is 0 Å². The van der Waals surface area contributed by atoms with Gasteiger partial charge in [-0.15, -0.1) is 0 Å². The second kappa shape index (κ2) is 5.69. The van der Waals surface area contributed by atoms with Crippen molar-refractivity contribution >= 4 is 10.0 Å². The molecule has 0 spiro atoms. The molecule has 18 heavy (non-hydrogen) atoms. The van der Waals surface area contributed by atoms with Crippen molar-refractivity contribution in [2.24, 2.45) is 5.73 Å². The summed E-state index contributed by atoms with van der Waals surface area (Å²) in [5, 5.41) is 0. The van der Waals surface area contributed by atoms with E-state index in [0.29, 0.717) is 5.75 Å². The predicted molar refractivity (Wildman–Crippen MR) is 71.3 cm³/mol. The topological polar surface area (TPSA) is 81.4 Å². The van der Waals surface area contributed by atoms with E-state index in [-0.39, 0.29) is 17.5 Å². The molecule has 0 saturated heterocycles. The van der Waals surface area contributed by atoms with Crippen LogP contribution in [0, 0.1) is 13.8 Å². The molecule has 0 aliphatic heterocycles. The van der Waals surface area contributed by atoms with Crippen molar-refractivity contribution < 1.29 is 13.2 Å². The van der Waals surface area contributed by atoms with Crippen molar-refractivity contribution in [1.82, 2.24) is 4.72 Å². The maximum Gasteiger partial charge on any atom is 0.240 e. The molecule has 0 aliphatic carbocycles. The van der Waals surface area contributed by atoms with Gasteiger partial charge in [-0.2, -0.15) is 0 Å². The minimum absolute atomic E-state index is 0.235. The quantitative estimate of drug-likeness (QED) is 0.835. The highest BCUT2D eigenvalue weighted by molar-refractivity contribution is 7.89. The molecule has 0 radical (unpaired) electrons. The minimum atomic E-state index is -3.53. The summed E-state index contributed by atoms with van der Waals surface area (Å²) in [5.41, 5.74) is 7.00. The summed E-state index contributed by atoms with van der Waals surface area (Å²) in [6.07, 6.45) is 0. The third-order valence-electron chi connectivity index (χ3n) is 2.66. The zero-order valence-electron chi connectivity index (χ0n) is 11.1. The van der Waals surface area contributed by atoms with Gasteiger partial charge in [0.15, 0.2) is 0 Å². The van der Waals surface area contributed by atoms with Gasteiger partial charge in [-0.3, -0.25) is 0 Å². The second-order valence-electron chi connectivity index (χ2n) is 4.35. The van der Waals surface area contributed by atoms with Gasteiger partial charge >= 0.3 is 0 Å². The number of hydrogen-bond acceptors (Lipinski definition) is 4. The van der Waals surface area contributed by atoms with E-state index in [0.717, 1.165) is 11.1 Å². The van der Waals surface area contributed by atoms with Gasteiger partial charge < -0.3 is 10.5 Å². The molecule has 102 valence electrons. The Labute approximate surface area is 108 Å². The van der Waals surface area contributed by atoms with Gasteiger partial charge in [0.1, 0.15) is 5.75 Å². The molecule has 1 aromatic rings. The largest absolute Gasteiger partial charge is 0.496 e. The first-order chi connectivity index (χ1) is 8.31. The molecule has 1 aromatic carbocycles. The van der Waals surface area contributed by atoms with E-state index < -0.39 is 10.0 Å². The molecule has 1 atom stereocenters. The number of methoxy groups -OCH3 is 1. The normalized spacial score (nSPS) is 13.4. The van der Waals surface area contributed by atoms with E-state index in [9.17, 15) is 8.42 Å². The number of nitrogens with one attached hydrogen (secondary N) is 1. The van der Waals surface area contributed by atoms with Crippen molar-refractivity contribution in [2.45, 2.75) is 31.7 Å². The highest BCUT2D eigenvalue weighted by atomic mass is 32.2. The second-order valence-corrected chi connectivity index (χ2v) is 6.06. The Morgan fingerprint density at radius 1 is 1.33 bits per heavy atom. The monoisotopic (exact) mass is 272 g/mol. The van der Waals surface area contributed by atoms with Crippen molar-refractivity contribution in [3.05, 3.63) is 23.3 Å². The Hall–Kier alpha value is -1.11. The summed E-state index contributed by atoms with van der Waals surface area (Å²) < 4.78 is 31.9. The lowest BCUT2D eigenvalue weighted by atomic mass is 10.1. The molecule has 0 bridgehead atoms. The molecule has 1 rings (SSSR count). The summed E-state index contributed by atoms with van der Waals surface area (Å²) in [6, 6.07) is 2.90. The van der Waals surface area contributed by atoms with Crippen molar-refractivity contribution in [3.8, 4) is 5.75 Å². The van der Waals surface area contributed by atoms with E-state index >= 15 is 0 Å². The summed E-state index contributed by atoms with van der Waals surface area (Å²) in [7, 11) is -1.96. The number of nitrogens with two attached hydrogens (primary N) is 1. The third-order valence-corrected chi connectivity index (χ3v) is 4.23. The number of aryl methyl sites for hydroxylation is 2. The Morgan fingerprint density at radius 2 is 1.83 bits per heavy atom. The molecule has 0 unspecified atom stereocenters. The molecule has 5 nitrogen and oxygen atoms in total. The number of rotatable bonds is 5. The van der Waals surface area contributed by atoms with Crippen LogP contribution in [0.25, 0.3) is 0 Å². The standard InChI is InChI=1S/C12H20N2O3S/c1-8-5-11(6-9(2)12(8)17-4)18(15,16)14-10(3)7-13/h5-6,10,14H,7,13H2,1-4H3/t10-/m0/s1. The summed E-state index contributed by atoms with van der Waals surface area (Å²) in [5.74, 6) is 0.709. The van der Waals surface area contributed by atoms with Crippen LogP contribution in [0.5, 0.6) is 5.75 Å². The van der Waals surface area contributed by atoms with Gasteiger partial charge in [0.25, 0.3) is 0 Å². The Morgan fingerprint density at radius 3 is 2.22 bits per heavy atom. The molecule has 0 heterocycles. The van der Waals surface area contributed by atoms with Crippen molar-refractivity contribution in [2.75, 3.05) is 13.7 Å². The average molecular weight is 272 g/mol. The van der Waals surface area contributed by atoms with Crippen LogP contribution in [-0.4, -0.2) is 28.1 Å². The molecule has 0 aromatic heterocycles. The fraction of sp³-hybridized carbons (Fsp3) is 0.500. The van der Waals surface area contributed by atoms with E-state index in [1.807, 2.05) is 13.8 Å². The van der Waals surface area contributed by atoms with Crippen LogP contribution < -0.4 is 15.2 Å². The van der Waals surface area contributed by atoms with Gasteiger partial charge in [-0.1, -0.05) is 0 Å². The summed E-state index contributed by atoms with van der Waals surface area (Å²) >= 11 is 0. The van der Waals surface area contributed by atoms with Crippen LogP contribution in [0.15, 0.2) is 17.0 Å². The third kappa shape index (κ3) is 3.22. The first-order valence-electron chi connectivity index (χ1n) is 5.69. The summed E-state index contributed by atoms with van der Waals surface area (Å²) in [4.78, 5) is 0.235. The lowest BCUT2D eigenvalue weighted by Crippen LogP contribution is -2.37. The van der Waals surface area contributed by atoms with Crippen molar-refractivity contribution in [1.29, 1.82) is 0 Å². The lowest BCUT2D eigenvalue weighted by Gasteiger charge is -2.15. The van der Waals surface area contributed by atoms with Gasteiger partial charge in [-0.05, 0) is 44.0 Å². The van der Waals surface area contributed by atoms with E-state index in [2.05, 4.69) is 4.72 Å². The fourth-order valence-corrected chi connectivity index (χ4v) is 3.19. The SMILES string of the molecule is COc1c(C)cc(S(=O)(=O)N[C@@H](C)CN)cc1C. The molecule has 0 aliphatic rings. The molecular weight excluding hydrogens is 252 g/mol. The molecule has 3 N–H and O–H groups in total. The Kier molecular flexibility index (Phi) is 4.72. The van der Waals surface area contributed by atoms with Crippen LogP contribution in [0.1, 0.15) is 18.1 Å². The zero-order valence-corrected chi connectivity index (χ0v) is 12.0. The fourth-order valence-electron chi connectivity index (χ4n) is 1.77. The molecule has 0 amide bonds. The van der Waals surface area contributed by atoms with Crippen LogP contribution >= 0.6 is 0 Å². The van der Waals surface area contributed by atoms with E-state index in [1.165, 1.54) is 0 Å². The maximum absolute atomic E-state index is 12.1. The smallest absolute Gasteiger partial charge is 0.240 e. The highest BCUT2D eigenvalue weighted by Crippen LogP contribution is 2.26. The number of hydrogen-bond donors (Lipinski definition) is 2. The Balaban J connectivity index is 3.18. The number of ether oxygens (including phenoxy) is 1. The van der Waals surface area contributed by atoms with Crippen LogP contribution in [0.4, 0.5) is 0 Å². The predicted octanol–water partition coefficient (Wildman–Crippen LogP) is 0.938. The van der Waals surface area contributed by atoms with Gasteiger partial charge in [-0.25, -0.2) is 13.1 Å². The van der Waals surface area contributed by atoms with Crippen LogP contribution in [-0.2, 0) is 10.0 Å². The zero-order chi connectivity index (χ0) is 13.9. The number of benzene rings is 1. The van der Waals surface area contributed by atoms with Crippen molar-refractivity contribution in [3.63, 3.8) is 0 Å². The first-order valence-corrected chi connectivity index (χ1v) is 7.17. The van der Waals surface area contributed by atoms with E-state index in [4.69, 9.17) is 10.5 Å². The summed E-state index contributed by atoms with van der Waals surface area (Å²) in [6.45, 7) is 5.61. The minimum Gasteiger partial charge on any atom is -0.496 e.